The van der Waals surface area contributed by atoms with Crippen LogP contribution in [0.3, 0.4) is 0 Å². The molecular weight excluding hydrogens is 354 g/mol. The van der Waals surface area contributed by atoms with E-state index in [0.717, 1.165) is 35.7 Å². The molecule has 0 N–H and O–H groups in total. The number of rotatable bonds is 4. The zero-order chi connectivity index (χ0) is 16.2. The van der Waals surface area contributed by atoms with E-state index >= 15 is 0 Å². The molecule has 0 amide bonds. The largest absolute Gasteiger partial charge is 0.340 e. The third kappa shape index (κ3) is 4.26. The van der Waals surface area contributed by atoms with Crippen molar-refractivity contribution in [3.05, 3.63) is 46.5 Å². The maximum atomic E-state index is 4.55. The molecule has 0 aromatic carbocycles. The van der Waals surface area contributed by atoms with Crippen molar-refractivity contribution >= 4 is 21.9 Å². The van der Waals surface area contributed by atoms with E-state index in [1.165, 1.54) is 18.4 Å². The highest BCUT2D eigenvalue weighted by molar-refractivity contribution is 9.10. The summed E-state index contributed by atoms with van der Waals surface area (Å²) in [7, 11) is 2.10. The number of halogens is 1. The van der Waals surface area contributed by atoms with Gasteiger partial charge in [-0.2, -0.15) is 0 Å². The number of likely N-dealkylation sites (tertiary alicyclic amines) is 1. The molecule has 0 saturated carbocycles. The average molecular weight is 376 g/mol. The van der Waals surface area contributed by atoms with Gasteiger partial charge in [0, 0.05) is 54.9 Å². The Hall–Kier alpha value is -1.53. The van der Waals surface area contributed by atoms with E-state index in [2.05, 4.69) is 53.8 Å². The number of aryl methyl sites for hydroxylation is 1. The van der Waals surface area contributed by atoms with Crippen molar-refractivity contribution < 1.29 is 0 Å². The highest BCUT2D eigenvalue weighted by Crippen LogP contribution is 2.20. The first-order valence-electron chi connectivity index (χ1n) is 7.96. The minimum absolute atomic E-state index is 0.450. The Morgan fingerprint density at radius 2 is 2.26 bits per heavy atom. The second-order valence-electron chi connectivity index (χ2n) is 6.15. The molecule has 0 radical (unpaired) electrons. The van der Waals surface area contributed by atoms with Gasteiger partial charge in [0.25, 0.3) is 0 Å². The molecule has 1 fully saturated rings. The zero-order valence-electron chi connectivity index (χ0n) is 13.6. The molecule has 2 aromatic heterocycles. The molecule has 1 unspecified atom stereocenters. The molecule has 23 heavy (non-hydrogen) atoms. The van der Waals surface area contributed by atoms with Crippen LogP contribution in [0.25, 0.3) is 0 Å². The normalized spacial score (nSPS) is 18.8. The van der Waals surface area contributed by atoms with E-state index < -0.39 is 0 Å². The van der Waals surface area contributed by atoms with E-state index in [4.69, 9.17) is 0 Å². The number of nitrogens with zero attached hydrogens (tertiary/aromatic N) is 5. The lowest BCUT2D eigenvalue weighted by molar-refractivity contribution is 0.198. The minimum Gasteiger partial charge on any atom is -0.340 e. The molecule has 1 atom stereocenters. The van der Waals surface area contributed by atoms with Crippen molar-refractivity contribution in [2.24, 2.45) is 0 Å². The van der Waals surface area contributed by atoms with Crippen LogP contribution in [0.2, 0.25) is 0 Å². The summed E-state index contributed by atoms with van der Waals surface area (Å²) in [5.74, 6) is 0.820. The molecule has 1 saturated heterocycles. The average Bonchev–Trinajstić information content (AvgIpc) is 2.54. The molecule has 3 rings (SSSR count). The van der Waals surface area contributed by atoms with Gasteiger partial charge in [0.2, 0.25) is 5.95 Å². The summed E-state index contributed by atoms with van der Waals surface area (Å²) in [6.07, 6.45) is 7.98. The van der Waals surface area contributed by atoms with Crippen molar-refractivity contribution in [1.29, 1.82) is 0 Å². The molecule has 122 valence electrons. The fourth-order valence-corrected chi connectivity index (χ4v) is 3.47. The predicted octanol–water partition coefficient (Wildman–Crippen LogP) is 3.04. The minimum atomic E-state index is 0.450. The second kappa shape index (κ2) is 7.36. The Balaban J connectivity index is 1.66. The van der Waals surface area contributed by atoms with Crippen LogP contribution in [-0.4, -0.2) is 46.0 Å². The molecule has 0 spiro atoms. The Kier molecular flexibility index (Phi) is 5.23. The molecule has 2 aromatic rings. The molecule has 0 bridgehead atoms. The Morgan fingerprint density at radius 3 is 3.04 bits per heavy atom. The van der Waals surface area contributed by atoms with E-state index in [9.17, 15) is 0 Å². The number of pyridine rings is 1. The van der Waals surface area contributed by atoms with Gasteiger partial charge < -0.3 is 4.90 Å². The van der Waals surface area contributed by atoms with Gasteiger partial charge in [-0.1, -0.05) is 0 Å². The second-order valence-corrected chi connectivity index (χ2v) is 7.07. The first kappa shape index (κ1) is 16.3. The Bertz CT molecular complexity index is 663. The lowest BCUT2D eigenvalue weighted by Gasteiger charge is -2.37. The van der Waals surface area contributed by atoms with E-state index in [1.54, 1.807) is 0 Å². The fourth-order valence-electron chi connectivity index (χ4n) is 3.06. The molecule has 1 aliphatic heterocycles. The van der Waals surface area contributed by atoms with E-state index in [-0.39, 0.29) is 0 Å². The molecule has 5 nitrogen and oxygen atoms in total. The monoisotopic (exact) mass is 375 g/mol. The maximum Gasteiger partial charge on any atom is 0.225 e. The number of aromatic nitrogens is 3. The van der Waals surface area contributed by atoms with Crippen molar-refractivity contribution in [3.63, 3.8) is 0 Å². The summed E-state index contributed by atoms with van der Waals surface area (Å²) >= 11 is 3.49. The number of piperidine rings is 1. The first-order chi connectivity index (χ1) is 11.1. The topological polar surface area (TPSA) is 45.2 Å². The van der Waals surface area contributed by atoms with Crippen LogP contribution in [0.15, 0.2) is 35.2 Å². The van der Waals surface area contributed by atoms with Crippen LogP contribution in [0.4, 0.5) is 5.95 Å². The van der Waals surface area contributed by atoms with Crippen molar-refractivity contribution in [1.82, 2.24) is 19.9 Å². The van der Waals surface area contributed by atoms with Crippen LogP contribution in [0.5, 0.6) is 0 Å². The van der Waals surface area contributed by atoms with Gasteiger partial charge in [0.05, 0.1) is 0 Å². The summed E-state index contributed by atoms with van der Waals surface area (Å²) in [5, 5.41) is 0. The smallest absolute Gasteiger partial charge is 0.225 e. The van der Waals surface area contributed by atoms with Gasteiger partial charge in [-0.3, -0.25) is 9.88 Å². The fraction of sp³-hybridized carbons (Fsp3) is 0.471. The maximum absolute atomic E-state index is 4.55. The van der Waals surface area contributed by atoms with E-state index in [0.29, 0.717) is 6.04 Å². The SMILES string of the molecule is Cc1ccnc(N(C)C2CCCN(Cc3cncc(Br)c3)C2)n1. The van der Waals surface area contributed by atoms with Crippen LogP contribution < -0.4 is 4.90 Å². The van der Waals surface area contributed by atoms with Crippen LogP contribution in [0.1, 0.15) is 24.1 Å². The number of hydrogen-bond acceptors (Lipinski definition) is 5. The number of anilines is 1. The zero-order valence-corrected chi connectivity index (χ0v) is 15.2. The third-order valence-electron chi connectivity index (χ3n) is 4.29. The highest BCUT2D eigenvalue weighted by atomic mass is 79.9. The first-order valence-corrected chi connectivity index (χ1v) is 8.75. The van der Waals surface area contributed by atoms with Crippen molar-refractivity contribution in [3.8, 4) is 0 Å². The van der Waals surface area contributed by atoms with Crippen LogP contribution >= 0.6 is 15.9 Å². The Morgan fingerprint density at radius 1 is 1.39 bits per heavy atom. The molecule has 0 aliphatic carbocycles. The molecular formula is C17H22BrN5. The summed E-state index contributed by atoms with van der Waals surface area (Å²) < 4.78 is 1.04. The van der Waals surface area contributed by atoms with Crippen LogP contribution in [0, 0.1) is 6.92 Å². The highest BCUT2D eigenvalue weighted by Gasteiger charge is 2.24. The van der Waals surface area contributed by atoms with Gasteiger partial charge in [-0.15, -0.1) is 0 Å². The summed E-state index contributed by atoms with van der Waals surface area (Å²) in [6.45, 7) is 5.10. The lowest BCUT2D eigenvalue weighted by atomic mass is 10.0. The number of hydrogen-bond donors (Lipinski definition) is 0. The van der Waals surface area contributed by atoms with Crippen molar-refractivity contribution in [2.45, 2.75) is 32.4 Å². The molecule has 6 heteroatoms. The van der Waals surface area contributed by atoms with Gasteiger partial charge in [-0.25, -0.2) is 9.97 Å². The van der Waals surface area contributed by atoms with E-state index in [1.807, 2.05) is 31.6 Å². The summed E-state index contributed by atoms with van der Waals surface area (Å²) in [4.78, 5) is 17.9. The number of likely N-dealkylation sites (N-methyl/N-ethyl adjacent to an activating group) is 1. The third-order valence-corrected chi connectivity index (χ3v) is 4.73. The predicted molar refractivity (Wildman–Crippen MR) is 95.4 cm³/mol. The molecule has 3 heterocycles. The van der Waals surface area contributed by atoms with Crippen LogP contribution in [-0.2, 0) is 6.54 Å². The standard InChI is InChI=1S/C17H22BrN5/c1-13-5-6-20-17(21-13)22(2)16-4-3-7-23(12-16)11-14-8-15(18)10-19-9-14/h5-6,8-10,16H,3-4,7,11-12H2,1-2H3. The van der Waals surface area contributed by atoms with Gasteiger partial charge in [0.15, 0.2) is 0 Å². The Labute approximate surface area is 145 Å². The summed E-state index contributed by atoms with van der Waals surface area (Å²) in [5.41, 5.74) is 2.25. The molecule has 1 aliphatic rings. The van der Waals surface area contributed by atoms with Crippen molar-refractivity contribution in [2.75, 3.05) is 25.0 Å². The van der Waals surface area contributed by atoms with Gasteiger partial charge in [-0.05, 0) is 59.9 Å². The quantitative estimate of drug-likeness (QED) is 0.821. The summed E-state index contributed by atoms with van der Waals surface area (Å²) in [6, 6.07) is 4.53. The van der Waals surface area contributed by atoms with Gasteiger partial charge in [0.1, 0.15) is 0 Å². The lowest BCUT2D eigenvalue weighted by Crippen LogP contribution is -2.46. The van der Waals surface area contributed by atoms with Gasteiger partial charge >= 0.3 is 0 Å².